The summed E-state index contributed by atoms with van der Waals surface area (Å²) in [7, 11) is -7.16. The highest BCUT2D eigenvalue weighted by Gasteiger charge is 2.28. The van der Waals surface area contributed by atoms with Gasteiger partial charge in [-0.05, 0) is 12.8 Å². The summed E-state index contributed by atoms with van der Waals surface area (Å²) in [5.41, 5.74) is -0.588. The lowest BCUT2D eigenvalue weighted by atomic mass is 10.1. The minimum absolute atomic E-state index is 0.261. The van der Waals surface area contributed by atoms with Gasteiger partial charge in [0.15, 0.2) is 0 Å². The van der Waals surface area contributed by atoms with Gasteiger partial charge in [-0.15, -0.1) is 0 Å². The highest BCUT2D eigenvalue weighted by molar-refractivity contribution is 7.89. The van der Waals surface area contributed by atoms with E-state index in [4.69, 9.17) is 0 Å². The Balaban J connectivity index is 2.07. The number of aromatic amines is 1. The predicted octanol–water partition coefficient (Wildman–Crippen LogP) is -0.923. The van der Waals surface area contributed by atoms with Crippen LogP contribution in [0.5, 0.6) is 0 Å². The Bertz CT molecular complexity index is 761. The van der Waals surface area contributed by atoms with Crippen molar-refractivity contribution in [2.24, 2.45) is 0 Å². The molecule has 0 saturated carbocycles. The van der Waals surface area contributed by atoms with Crippen LogP contribution in [0.2, 0.25) is 0 Å². The maximum absolute atomic E-state index is 12.1. The molecule has 1 aliphatic rings. The number of sulfonamides is 2. The first-order chi connectivity index (χ1) is 9.70. The molecule has 0 bridgehead atoms. The fraction of sp³-hybridized carbons (Fsp3) is 0.545. The van der Waals surface area contributed by atoms with E-state index in [2.05, 4.69) is 9.71 Å². The summed E-state index contributed by atoms with van der Waals surface area (Å²) in [6.07, 6.45) is 4.36. The van der Waals surface area contributed by atoms with E-state index in [9.17, 15) is 21.6 Å². The molecule has 21 heavy (non-hydrogen) atoms. The largest absolute Gasteiger partial charge is 0.366 e. The van der Waals surface area contributed by atoms with Crippen molar-refractivity contribution in [3.63, 3.8) is 0 Å². The molecule has 1 fully saturated rings. The quantitative estimate of drug-likeness (QED) is 0.738. The Hall–Kier alpha value is -1.23. The van der Waals surface area contributed by atoms with Crippen molar-refractivity contribution >= 4 is 20.0 Å². The van der Waals surface area contributed by atoms with Gasteiger partial charge in [0.2, 0.25) is 25.5 Å². The van der Waals surface area contributed by atoms with Gasteiger partial charge in [-0.2, -0.15) is 0 Å². The van der Waals surface area contributed by atoms with Gasteiger partial charge in [0.25, 0.3) is 0 Å². The molecule has 2 N–H and O–H groups in total. The number of aromatic nitrogens is 1. The highest BCUT2D eigenvalue weighted by atomic mass is 32.2. The molecule has 0 aromatic carbocycles. The van der Waals surface area contributed by atoms with E-state index in [0.717, 1.165) is 18.5 Å². The number of hydrogen-bond acceptors (Lipinski definition) is 5. The van der Waals surface area contributed by atoms with Crippen LogP contribution in [0.15, 0.2) is 28.2 Å². The van der Waals surface area contributed by atoms with Crippen LogP contribution in [0.3, 0.4) is 0 Å². The first-order valence-corrected chi connectivity index (χ1v) is 9.68. The molecule has 118 valence electrons. The second kappa shape index (κ2) is 5.87. The van der Waals surface area contributed by atoms with Gasteiger partial charge < -0.3 is 4.98 Å². The minimum atomic E-state index is -3.91. The van der Waals surface area contributed by atoms with Crippen LogP contribution >= 0.6 is 0 Å². The zero-order chi connectivity index (χ0) is 15.7. The van der Waals surface area contributed by atoms with Crippen molar-refractivity contribution in [3.8, 4) is 0 Å². The molecule has 0 radical (unpaired) electrons. The molecule has 2 rings (SSSR count). The van der Waals surface area contributed by atoms with Crippen LogP contribution in [0.4, 0.5) is 0 Å². The average Bonchev–Trinajstić information content (AvgIpc) is 2.38. The first kappa shape index (κ1) is 16.1. The second-order valence-corrected chi connectivity index (χ2v) is 8.60. The molecule has 1 aromatic rings. The average molecular weight is 335 g/mol. The number of pyridine rings is 1. The molecular weight excluding hydrogens is 318 g/mol. The maximum Gasteiger partial charge on any atom is 0.246 e. The summed E-state index contributed by atoms with van der Waals surface area (Å²) in [4.78, 5) is 13.8. The fourth-order valence-electron chi connectivity index (χ4n) is 2.20. The molecule has 0 aliphatic carbocycles. The van der Waals surface area contributed by atoms with Crippen molar-refractivity contribution in [2.75, 3.05) is 19.3 Å². The molecule has 8 nitrogen and oxygen atoms in total. The van der Waals surface area contributed by atoms with E-state index in [-0.39, 0.29) is 24.0 Å². The molecule has 0 unspecified atom stereocenters. The van der Waals surface area contributed by atoms with Gasteiger partial charge in [0.05, 0.1) is 6.26 Å². The lowest BCUT2D eigenvalue weighted by Crippen LogP contribution is -2.46. The monoisotopic (exact) mass is 335 g/mol. The Morgan fingerprint density at radius 1 is 1.24 bits per heavy atom. The number of rotatable bonds is 4. The van der Waals surface area contributed by atoms with Crippen LogP contribution in [-0.4, -0.2) is 51.5 Å². The van der Waals surface area contributed by atoms with Crippen molar-refractivity contribution in [2.45, 2.75) is 23.8 Å². The summed E-state index contributed by atoms with van der Waals surface area (Å²) in [5, 5.41) is 0. The van der Waals surface area contributed by atoms with Crippen LogP contribution in [0.1, 0.15) is 12.8 Å². The highest BCUT2D eigenvalue weighted by Crippen LogP contribution is 2.15. The predicted molar refractivity (Wildman–Crippen MR) is 76.8 cm³/mol. The van der Waals surface area contributed by atoms with Gasteiger partial charge in [-0.1, -0.05) is 0 Å². The summed E-state index contributed by atoms with van der Waals surface area (Å²) in [6.45, 7) is 0.522. The van der Waals surface area contributed by atoms with Crippen molar-refractivity contribution < 1.29 is 16.8 Å². The number of H-pyrrole nitrogens is 1. The van der Waals surface area contributed by atoms with Crippen LogP contribution < -0.4 is 10.2 Å². The molecule has 2 heterocycles. The third-order valence-electron chi connectivity index (χ3n) is 3.32. The summed E-state index contributed by atoms with van der Waals surface area (Å²) >= 11 is 0. The molecule has 1 saturated heterocycles. The van der Waals surface area contributed by atoms with Crippen molar-refractivity contribution in [1.82, 2.24) is 14.0 Å². The second-order valence-electron chi connectivity index (χ2n) is 4.93. The fourth-order valence-corrected chi connectivity index (χ4v) is 4.43. The van der Waals surface area contributed by atoms with Crippen molar-refractivity contribution in [1.29, 1.82) is 0 Å². The molecule has 1 aromatic heterocycles. The minimum Gasteiger partial charge on any atom is -0.366 e. The van der Waals surface area contributed by atoms with E-state index in [1.54, 1.807) is 0 Å². The van der Waals surface area contributed by atoms with Crippen LogP contribution in [0.25, 0.3) is 0 Å². The van der Waals surface area contributed by atoms with E-state index in [1.807, 2.05) is 0 Å². The zero-order valence-corrected chi connectivity index (χ0v) is 13.1. The Morgan fingerprint density at radius 3 is 2.38 bits per heavy atom. The van der Waals surface area contributed by atoms with E-state index < -0.39 is 25.5 Å². The number of nitrogens with zero attached hydrogens (tertiary/aromatic N) is 1. The molecule has 0 atom stereocenters. The van der Waals surface area contributed by atoms with Gasteiger partial charge in [-0.3, -0.25) is 4.79 Å². The molecule has 10 heteroatoms. The van der Waals surface area contributed by atoms with Gasteiger partial charge in [-0.25, -0.2) is 25.9 Å². The SMILES string of the molecule is CS(=O)(=O)N1CCC(NS(=O)(=O)c2c[nH]ccc2=O)CC1. The number of hydrogen-bond donors (Lipinski definition) is 2. The smallest absolute Gasteiger partial charge is 0.246 e. The summed E-state index contributed by atoms with van der Waals surface area (Å²) in [6, 6.07) is 0.758. The lowest BCUT2D eigenvalue weighted by molar-refractivity contribution is 0.310. The Morgan fingerprint density at radius 2 is 1.86 bits per heavy atom. The number of piperidine rings is 1. The molecular formula is C11H17N3O5S2. The summed E-state index contributed by atoms with van der Waals surface area (Å²) in [5.74, 6) is 0. The van der Waals surface area contributed by atoms with E-state index in [0.29, 0.717) is 12.8 Å². The summed E-state index contributed by atoms with van der Waals surface area (Å²) < 4.78 is 50.8. The maximum atomic E-state index is 12.1. The Labute approximate surface area is 123 Å². The van der Waals surface area contributed by atoms with Gasteiger partial charge in [0, 0.05) is 37.6 Å². The zero-order valence-electron chi connectivity index (χ0n) is 11.4. The topological polar surface area (TPSA) is 116 Å². The molecule has 0 amide bonds. The Kier molecular flexibility index (Phi) is 4.51. The third kappa shape index (κ3) is 3.90. The molecule has 1 aliphatic heterocycles. The normalized spacial score (nSPS) is 18.7. The molecule has 0 spiro atoms. The van der Waals surface area contributed by atoms with Gasteiger partial charge in [0.1, 0.15) is 4.90 Å². The van der Waals surface area contributed by atoms with E-state index in [1.165, 1.54) is 10.5 Å². The van der Waals surface area contributed by atoms with E-state index >= 15 is 0 Å². The standard InChI is InChI=1S/C11H17N3O5S2/c1-20(16,17)14-6-3-9(4-7-14)13-21(18,19)11-8-12-5-2-10(11)15/h2,5,8-9,13H,3-4,6-7H2,1H3,(H,12,15). The third-order valence-corrected chi connectivity index (χ3v) is 6.17. The number of nitrogens with one attached hydrogen (secondary N) is 2. The van der Waals surface area contributed by atoms with Crippen molar-refractivity contribution in [3.05, 3.63) is 28.7 Å². The first-order valence-electron chi connectivity index (χ1n) is 6.35. The lowest BCUT2D eigenvalue weighted by Gasteiger charge is -2.30. The van der Waals surface area contributed by atoms with Crippen LogP contribution in [0, 0.1) is 0 Å². The van der Waals surface area contributed by atoms with Crippen LogP contribution in [-0.2, 0) is 20.0 Å². The van der Waals surface area contributed by atoms with Gasteiger partial charge >= 0.3 is 0 Å².